The van der Waals surface area contributed by atoms with E-state index in [1.165, 1.54) is 0 Å². The third-order valence-electron chi connectivity index (χ3n) is 3.64. The number of methoxy groups -OCH3 is 1. The van der Waals surface area contributed by atoms with E-state index in [-0.39, 0.29) is 13.2 Å². The molecule has 0 aliphatic carbocycles. The molecule has 0 N–H and O–H groups in total. The predicted molar refractivity (Wildman–Crippen MR) is 110 cm³/mol. The van der Waals surface area contributed by atoms with Gasteiger partial charge in [-0.1, -0.05) is 38.7 Å². The molecular formula is C18H32NO6PSi. The molecular weight excluding hydrogens is 385 g/mol. The van der Waals surface area contributed by atoms with Gasteiger partial charge in [0.1, 0.15) is 5.75 Å². The molecule has 1 aromatic rings. The Kier molecular flexibility index (Phi) is 9.01. The molecule has 1 rings (SSSR count). The van der Waals surface area contributed by atoms with Gasteiger partial charge in [-0.05, 0) is 31.5 Å². The molecule has 0 amide bonds. The van der Waals surface area contributed by atoms with Crippen molar-refractivity contribution < 1.29 is 27.8 Å². The zero-order chi connectivity index (χ0) is 20.7. The summed E-state index contributed by atoms with van der Waals surface area (Å²) >= 11 is 0. The number of ether oxygens (including phenoxy) is 1. The van der Waals surface area contributed by atoms with E-state index in [1.807, 2.05) is 26.6 Å². The molecule has 0 aliphatic rings. The van der Waals surface area contributed by atoms with Crippen molar-refractivity contribution in [2.75, 3.05) is 20.3 Å². The van der Waals surface area contributed by atoms with E-state index in [0.717, 1.165) is 0 Å². The minimum atomic E-state index is -3.65. The Morgan fingerprint density at radius 3 is 2.00 bits per heavy atom. The highest BCUT2D eigenvalue weighted by atomic mass is 31.2. The highest BCUT2D eigenvalue weighted by Crippen LogP contribution is 2.62. The Hall–Kier alpha value is -1.34. The fraction of sp³-hybridized carbons (Fsp3) is 0.611. The van der Waals surface area contributed by atoms with E-state index in [0.29, 0.717) is 28.3 Å². The van der Waals surface area contributed by atoms with Crippen LogP contribution in [0.4, 0.5) is 0 Å². The van der Waals surface area contributed by atoms with Crippen LogP contribution in [0.2, 0.25) is 19.6 Å². The van der Waals surface area contributed by atoms with Gasteiger partial charge in [0, 0.05) is 11.3 Å². The van der Waals surface area contributed by atoms with Crippen LogP contribution in [0.15, 0.2) is 24.3 Å². The molecule has 0 radical (unpaired) electrons. The van der Waals surface area contributed by atoms with E-state index >= 15 is 0 Å². The van der Waals surface area contributed by atoms with E-state index in [2.05, 4.69) is 0 Å². The van der Waals surface area contributed by atoms with Crippen molar-refractivity contribution in [2.45, 2.75) is 52.5 Å². The maximum atomic E-state index is 13.6. The molecule has 1 aromatic carbocycles. The summed E-state index contributed by atoms with van der Waals surface area (Å²) in [6, 6.07) is 7.05. The molecule has 154 valence electrons. The van der Waals surface area contributed by atoms with Gasteiger partial charge in [-0.2, -0.15) is 0 Å². The van der Waals surface area contributed by atoms with Gasteiger partial charge in [0.05, 0.1) is 20.3 Å². The summed E-state index contributed by atoms with van der Waals surface area (Å²) in [7, 11) is -4.23. The smallest absolute Gasteiger partial charge is 0.348 e. The van der Waals surface area contributed by atoms with Crippen LogP contribution in [0.3, 0.4) is 0 Å². The average Bonchev–Trinajstić information content (AvgIpc) is 2.58. The van der Waals surface area contributed by atoms with Crippen LogP contribution in [0, 0.1) is 5.21 Å². The van der Waals surface area contributed by atoms with Gasteiger partial charge in [0.2, 0.25) is 5.71 Å². The molecule has 0 aromatic heterocycles. The first kappa shape index (κ1) is 23.7. The lowest BCUT2D eigenvalue weighted by Gasteiger charge is -2.28. The largest absolute Gasteiger partial charge is 0.497 e. The van der Waals surface area contributed by atoms with Gasteiger partial charge in [0.15, 0.2) is 14.0 Å². The average molecular weight is 418 g/mol. The van der Waals surface area contributed by atoms with E-state index in [4.69, 9.17) is 18.3 Å². The Morgan fingerprint density at radius 2 is 1.63 bits per heavy atom. The number of hydrogen-bond acceptors (Lipinski definition) is 6. The maximum Gasteiger partial charge on any atom is 0.348 e. The first-order chi connectivity index (χ1) is 12.6. The summed E-state index contributed by atoms with van der Waals surface area (Å²) in [5.41, 5.74) is 0.105. The second-order valence-corrected chi connectivity index (χ2v) is 13.4. The second kappa shape index (κ2) is 10.3. The number of rotatable bonds is 11. The standard InChI is InChI=1S/C18H32NO6PSi/c1-8-17(19(20)25-27(5,6)7)18(26(21,23-9-2)24-10-3)15-11-13-16(22-4)14-12-15/h11-14,18H,8-10H2,1-7H3/b19-17-. The predicted octanol–water partition coefficient (Wildman–Crippen LogP) is 5.13. The van der Waals surface area contributed by atoms with Gasteiger partial charge in [0.25, 0.3) is 0 Å². The highest BCUT2D eigenvalue weighted by Gasteiger charge is 2.45. The Bertz CT molecular complexity index is 661. The van der Waals surface area contributed by atoms with E-state index in [9.17, 15) is 9.77 Å². The molecule has 0 fully saturated rings. The second-order valence-electron chi connectivity index (χ2n) is 6.86. The van der Waals surface area contributed by atoms with Crippen LogP contribution in [-0.4, -0.2) is 39.3 Å². The molecule has 9 heteroatoms. The van der Waals surface area contributed by atoms with E-state index in [1.54, 1.807) is 45.2 Å². The van der Waals surface area contributed by atoms with Gasteiger partial charge >= 0.3 is 7.60 Å². The summed E-state index contributed by atoms with van der Waals surface area (Å²) < 4.78 is 35.6. The molecule has 27 heavy (non-hydrogen) atoms. The monoisotopic (exact) mass is 417 g/mol. The summed E-state index contributed by atoms with van der Waals surface area (Å²) in [4.78, 5) is 0.520. The number of benzene rings is 1. The van der Waals surface area contributed by atoms with Gasteiger partial charge in [-0.15, -0.1) is 0 Å². The van der Waals surface area contributed by atoms with Crippen LogP contribution in [0.5, 0.6) is 5.75 Å². The molecule has 7 nitrogen and oxygen atoms in total. The van der Waals surface area contributed by atoms with Gasteiger partial charge < -0.3 is 18.3 Å². The third kappa shape index (κ3) is 6.64. The van der Waals surface area contributed by atoms with Gasteiger partial charge in [-0.25, -0.2) is 0 Å². The first-order valence-electron chi connectivity index (χ1n) is 9.16. The van der Waals surface area contributed by atoms with Crippen molar-refractivity contribution >= 4 is 21.6 Å². The number of hydrogen-bond donors (Lipinski definition) is 0. The van der Waals surface area contributed by atoms with Crippen LogP contribution >= 0.6 is 7.60 Å². The summed E-state index contributed by atoms with van der Waals surface area (Å²) in [5.74, 6) is 0.663. The summed E-state index contributed by atoms with van der Waals surface area (Å²) in [6.07, 6.45) is 0.342. The molecule has 0 bridgehead atoms. The topological polar surface area (TPSA) is 80.1 Å². The van der Waals surface area contributed by atoms with Crippen LogP contribution in [0.25, 0.3) is 0 Å². The quantitative estimate of drug-likeness (QED) is 0.163. The zero-order valence-corrected chi connectivity index (χ0v) is 19.2. The Morgan fingerprint density at radius 1 is 1.11 bits per heavy atom. The summed E-state index contributed by atoms with van der Waals surface area (Å²) in [6.45, 7) is 11.5. The van der Waals surface area contributed by atoms with Crippen LogP contribution in [0.1, 0.15) is 38.4 Å². The van der Waals surface area contributed by atoms with Crippen LogP contribution in [-0.2, 0) is 18.1 Å². The fourth-order valence-electron chi connectivity index (χ4n) is 2.62. The normalized spacial score (nSPS) is 14.5. The minimum Gasteiger partial charge on any atom is -0.497 e. The van der Waals surface area contributed by atoms with Crippen molar-refractivity contribution in [2.24, 2.45) is 0 Å². The van der Waals surface area contributed by atoms with Crippen LogP contribution < -0.4 is 4.74 Å². The Labute approximate surface area is 163 Å². The molecule has 0 saturated heterocycles. The SMILES string of the molecule is CCOP(=O)(OCC)C(/C(CC)=[N+](/[O-])O[Si](C)(C)C)c1ccc(OC)cc1. The zero-order valence-electron chi connectivity index (χ0n) is 17.4. The minimum absolute atomic E-state index is 0.203. The third-order valence-corrected chi connectivity index (χ3v) is 6.81. The summed E-state index contributed by atoms with van der Waals surface area (Å²) in [5, 5.41) is 12.8. The van der Waals surface area contributed by atoms with Crippen molar-refractivity contribution in [3.05, 3.63) is 35.0 Å². The first-order valence-corrected chi connectivity index (χ1v) is 14.2. The van der Waals surface area contributed by atoms with E-state index < -0.39 is 21.6 Å². The van der Waals surface area contributed by atoms with Crippen molar-refractivity contribution in [3.8, 4) is 5.75 Å². The van der Waals surface area contributed by atoms with Crippen molar-refractivity contribution in [3.63, 3.8) is 0 Å². The maximum absolute atomic E-state index is 13.6. The molecule has 0 heterocycles. The molecule has 1 unspecified atom stereocenters. The lowest BCUT2D eigenvalue weighted by atomic mass is 10.1. The van der Waals surface area contributed by atoms with Crippen molar-refractivity contribution in [1.29, 1.82) is 0 Å². The lowest BCUT2D eigenvalue weighted by molar-refractivity contribution is -0.705. The fourth-order valence-corrected chi connectivity index (χ4v) is 5.51. The molecule has 0 saturated carbocycles. The molecule has 0 spiro atoms. The Balaban J connectivity index is 3.59. The molecule has 1 atom stereocenters. The molecule has 0 aliphatic heterocycles. The van der Waals surface area contributed by atoms with Gasteiger partial charge in [-0.3, -0.25) is 9.77 Å². The highest BCUT2D eigenvalue weighted by molar-refractivity contribution is 7.55. The number of nitrogens with zero attached hydrogens (tertiary/aromatic N) is 1. The lowest BCUT2D eigenvalue weighted by Crippen LogP contribution is -2.34. The van der Waals surface area contributed by atoms with Crippen molar-refractivity contribution in [1.82, 2.24) is 0 Å².